The topological polar surface area (TPSA) is 78.0 Å². The van der Waals surface area contributed by atoms with Crippen LogP contribution in [0.5, 0.6) is 0 Å². The number of carbonyl (C=O) groups is 2. The molecule has 0 unspecified atom stereocenters. The third-order valence-electron chi connectivity index (χ3n) is 5.36. The summed E-state index contributed by atoms with van der Waals surface area (Å²) in [5.74, 6) is -0.458. The molecule has 0 radical (unpaired) electrons. The molecule has 0 aromatic heterocycles. The van der Waals surface area contributed by atoms with Gasteiger partial charge in [-0.3, -0.25) is 14.5 Å². The first-order valence-corrected chi connectivity index (χ1v) is 10.6. The molecule has 4 rings (SSSR count). The Balaban J connectivity index is 1.56. The highest BCUT2D eigenvalue weighted by molar-refractivity contribution is 7.89. The maximum absolute atomic E-state index is 13.0. The fraction of sp³-hybridized carbons (Fsp3) is 0.238. The molecular weight excluding hydrogens is 390 g/mol. The van der Waals surface area contributed by atoms with E-state index in [1.807, 2.05) is 12.1 Å². The van der Waals surface area contributed by atoms with Gasteiger partial charge in [0.05, 0.1) is 4.90 Å². The van der Waals surface area contributed by atoms with Crippen molar-refractivity contribution in [2.24, 2.45) is 0 Å². The number of amides is 2. The van der Waals surface area contributed by atoms with E-state index in [0.29, 0.717) is 29.9 Å². The first kappa shape index (κ1) is 19.4. The molecule has 0 spiro atoms. The van der Waals surface area contributed by atoms with Gasteiger partial charge in [0.2, 0.25) is 15.9 Å². The van der Waals surface area contributed by atoms with E-state index in [9.17, 15) is 18.0 Å². The Hall–Kier alpha value is -2.97. The van der Waals surface area contributed by atoms with Crippen LogP contribution in [-0.2, 0) is 21.2 Å². The van der Waals surface area contributed by atoms with Gasteiger partial charge in [-0.05, 0) is 36.2 Å². The number of hydrogen-bond acceptors (Lipinski definition) is 4. The van der Waals surface area contributed by atoms with Crippen molar-refractivity contribution in [2.45, 2.75) is 11.3 Å². The Morgan fingerprint density at radius 3 is 2.48 bits per heavy atom. The number of rotatable bonds is 4. The highest BCUT2D eigenvalue weighted by atomic mass is 32.2. The Morgan fingerprint density at radius 1 is 1.14 bits per heavy atom. The summed E-state index contributed by atoms with van der Waals surface area (Å²) < 4.78 is 25.9. The Morgan fingerprint density at radius 2 is 1.83 bits per heavy atom. The van der Waals surface area contributed by atoms with Gasteiger partial charge in [0.25, 0.3) is 5.91 Å². The molecule has 0 aliphatic carbocycles. The smallest absolute Gasteiger partial charge is 0.259 e. The molecule has 0 N–H and O–H groups in total. The quantitative estimate of drug-likeness (QED) is 0.771. The zero-order chi connectivity index (χ0) is 20.9. The van der Waals surface area contributed by atoms with Crippen molar-refractivity contribution in [3.8, 4) is 0 Å². The van der Waals surface area contributed by atoms with E-state index in [1.54, 1.807) is 29.2 Å². The molecular formula is C21H21N3O4S. The van der Waals surface area contributed by atoms with Crippen LogP contribution in [0, 0.1) is 0 Å². The number of benzene rings is 2. The van der Waals surface area contributed by atoms with Crippen LogP contribution in [0.1, 0.15) is 21.5 Å². The van der Waals surface area contributed by atoms with Gasteiger partial charge in [-0.2, -0.15) is 0 Å². The number of hydrogen-bond donors (Lipinski definition) is 0. The van der Waals surface area contributed by atoms with Crippen LogP contribution in [0.2, 0.25) is 0 Å². The van der Waals surface area contributed by atoms with Gasteiger partial charge in [-0.1, -0.05) is 24.8 Å². The summed E-state index contributed by atoms with van der Waals surface area (Å²) in [6, 6.07) is 11.9. The maximum atomic E-state index is 13.0. The predicted molar refractivity (Wildman–Crippen MR) is 110 cm³/mol. The monoisotopic (exact) mass is 411 g/mol. The van der Waals surface area contributed by atoms with Crippen molar-refractivity contribution < 1.29 is 18.0 Å². The average molecular weight is 411 g/mol. The standard InChI is InChI=1S/C21H21N3O4S/c1-14-17-6-4-5-7-18(17)21(26)24(14)13-20(25)23-11-10-15-12-16(8-9-19(15)23)29(27,28)22(2)3/h4-9,12H,1,10-11,13H2,2-3H3. The lowest BCUT2D eigenvalue weighted by Crippen LogP contribution is -2.39. The molecule has 0 saturated heterocycles. The summed E-state index contributed by atoms with van der Waals surface area (Å²) in [4.78, 5) is 28.8. The molecule has 2 aromatic rings. The second-order valence-electron chi connectivity index (χ2n) is 7.26. The summed E-state index contributed by atoms with van der Waals surface area (Å²) in [7, 11) is -0.570. The van der Waals surface area contributed by atoms with Gasteiger partial charge in [0.1, 0.15) is 6.54 Å². The van der Waals surface area contributed by atoms with Crippen molar-refractivity contribution in [1.82, 2.24) is 9.21 Å². The summed E-state index contributed by atoms with van der Waals surface area (Å²) in [6.07, 6.45) is 0.562. The summed E-state index contributed by atoms with van der Waals surface area (Å²) in [5.41, 5.74) is 3.29. The SMILES string of the molecule is C=C1c2ccccc2C(=O)N1CC(=O)N1CCc2cc(S(=O)(=O)N(C)C)ccc21. The number of fused-ring (bicyclic) bond motifs is 2. The Kier molecular flexibility index (Phi) is 4.55. The van der Waals surface area contributed by atoms with Gasteiger partial charge < -0.3 is 4.90 Å². The van der Waals surface area contributed by atoms with Crippen LogP contribution in [0.3, 0.4) is 0 Å². The lowest BCUT2D eigenvalue weighted by atomic mass is 10.1. The third kappa shape index (κ3) is 3.04. The van der Waals surface area contributed by atoms with Crippen molar-refractivity contribution in [2.75, 3.05) is 32.1 Å². The van der Waals surface area contributed by atoms with E-state index >= 15 is 0 Å². The molecule has 150 valence electrons. The van der Waals surface area contributed by atoms with Crippen molar-refractivity contribution in [3.63, 3.8) is 0 Å². The normalized spacial score (nSPS) is 15.8. The minimum absolute atomic E-state index is 0.108. The molecule has 8 heteroatoms. The molecule has 2 amide bonds. The summed E-state index contributed by atoms with van der Waals surface area (Å²) in [6.45, 7) is 4.31. The van der Waals surface area contributed by atoms with Crippen LogP contribution < -0.4 is 4.90 Å². The van der Waals surface area contributed by atoms with E-state index in [0.717, 1.165) is 15.4 Å². The molecule has 2 aromatic carbocycles. The van der Waals surface area contributed by atoms with Crippen LogP contribution in [0.4, 0.5) is 5.69 Å². The van der Waals surface area contributed by atoms with Crippen molar-refractivity contribution in [3.05, 3.63) is 65.7 Å². The number of sulfonamides is 1. The molecule has 2 heterocycles. The minimum atomic E-state index is -3.53. The van der Waals surface area contributed by atoms with Gasteiger partial charge in [-0.25, -0.2) is 12.7 Å². The third-order valence-corrected chi connectivity index (χ3v) is 7.17. The second kappa shape index (κ2) is 6.82. The van der Waals surface area contributed by atoms with Crippen LogP contribution >= 0.6 is 0 Å². The van der Waals surface area contributed by atoms with Gasteiger partial charge in [0, 0.05) is 43.2 Å². The van der Waals surface area contributed by atoms with E-state index in [-0.39, 0.29) is 23.3 Å². The summed E-state index contributed by atoms with van der Waals surface area (Å²) >= 11 is 0. The maximum Gasteiger partial charge on any atom is 0.259 e. The second-order valence-corrected chi connectivity index (χ2v) is 9.41. The van der Waals surface area contributed by atoms with E-state index < -0.39 is 10.0 Å². The largest absolute Gasteiger partial charge is 0.310 e. The minimum Gasteiger partial charge on any atom is -0.310 e. The zero-order valence-corrected chi connectivity index (χ0v) is 17.1. The average Bonchev–Trinajstić information content (AvgIpc) is 3.23. The first-order valence-electron chi connectivity index (χ1n) is 9.18. The predicted octanol–water partition coefficient (Wildman–Crippen LogP) is 1.95. The molecule has 29 heavy (non-hydrogen) atoms. The molecule has 0 bridgehead atoms. The fourth-order valence-corrected chi connectivity index (χ4v) is 4.68. The Labute approximate surface area is 169 Å². The van der Waals surface area contributed by atoms with Gasteiger partial charge in [-0.15, -0.1) is 0 Å². The molecule has 7 nitrogen and oxygen atoms in total. The fourth-order valence-electron chi connectivity index (χ4n) is 3.73. The van der Waals surface area contributed by atoms with Crippen LogP contribution in [0.25, 0.3) is 5.70 Å². The molecule has 0 atom stereocenters. The van der Waals surface area contributed by atoms with Crippen molar-refractivity contribution >= 4 is 33.2 Å². The highest BCUT2D eigenvalue weighted by Crippen LogP contribution is 2.33. The summed E-state index contributed by atoms with van der Waals surface area (Å²) in [5, 5.41) is 0. The number of anilines is 1. The lowest BCUT2D eigenvalue weighted by Gasteiger charge is -2.23. The Bertz CT molecular complexity index is 1120. The van der Waals surface area contributed by atoms with Crippen molar-refractivity contribution in [1.29, 1.82) is 0 Å². The number of carbonyl (C=O) groups excluding carboxylic acids is 2. The molecule has 0 saturated carbocycles. The van der Waals surface area contributed by atoms with Crippen LogP contribution in [0.15, 0.2) is 53.9 Å². The zero-order valence-electron chi connectivity index (χ0n) is 16.3. The first-order chi connectivity index (χ1) is 13.7. The molecule has 0 fully saturated rings. The molecule has 2 aliphatic heterocycles. The number of nitrogens with zero attached hydrogens (tertiary/aromatic N) is 3. The van der Waals surface area contributed by atoms with Gasteiger partial charge >= 0.3 is 0 Å². The van der Waals surface area contributed by atoms with E-state index in [4.69, 9.17) is 0 Å². The highest BCUT2D eigenvalue weighted by Gasteiger charge is 2.34. The van der Waals surface area contributed by atoms with E-state index in [1.165, 1.54) is 25.1 Å². The molecule has 2 aliphatic rings. The van der Waals surface area contributed by atoms with E-state index in [2.05, 4.69) is 6.58 Å². The van der Waals surface area contributed by atoms with Gasteiger partial charge in [0.15, 0.2) is 0 Å². The lowest BCUT2D eigenvalue weighted by molar-refractivity contribution is -0.118. The van der Waals surface area contributed by atoms with Crippen LogP contribution in [-0.4, -0.2) is 56.6 Å².